The Morgan fingerprint density at radius 3 is 2.76 bits per heavy atom. The molecule has 1 N–H and O–H groups in total. The summed E-state index contributed by atoms with van der Waals surface area (Å²) in [6, 6.07) is 11.4. The molecular formula is C17H20ClNS2. The third kappa shape index (κ3) is 3.48. The molecule has 2 aromatic rings. The van der Waals surface area contributed by atoms with Gasteiger partial charge in [-0.1, -0.05) is 37.6 Å². The zero-order valence-corrected chi connectivity index (χ0v) is 14.7. The fourth-order valence-electron chi connectivity index (χ4n) is 2.89. The van der Waals surface area contributed by atoms with Gasteiger partial charge in [-0.15, -0.1) is 23.1 Å². The molecule has 1 aliphatic rings. The number of halogens is 1. The standard InChI is InChI=1S/C17H20ClNS2/c1-3-15(12-4-6-13(18)7-5-12)19-16-10-11(2)21-17-14(16)8-9-20-17/h4-9,11,15-16,19H,3,10H2,1-2H3/t11-,15?,16?/m0/s1. The van der Waals surface area contributed by atoms with Crippen molar-refractivity contribution in [3.05, 3.63) is 51.9 Å². The summed E-state index contributed by atoms with van der Waals surface area (Å²) in [6.45, 7) is 4.56. The van der Waals surface area contributed by atoms with Crippen molar-refractivity contribution in [2.45, 2.75) is 48.2 Å². The number of thiophene rings is 1. The molecule has 0 aliphatic carbocycles. The van der Waals surface area contributed by atoms with Gasteiger partial charge in [-0.3, -0.25) is 0 Å². The second kappa shape index (κ2) is 6.74. The van der Waals surface area contributed by atoms with Crippen LogP contribution in [0.5, 0.6) is 0 Å². The molecule has 0 spiro atoms. The molecule has 2 unspecified atom stereocenters. The summed E-state index contributed by atoms with van der Waals surface area (Å²) in [5.41, 5.74) is 2.81. The minimum atomic E-state index is 0.385. The smallest absolute Gasteiger partial charge is 0.0649 e. The van der Waals surface area contributed by atoms with E-state index >= 15 is 0 Å². The third-order valence-corrected chi connectivity index (χ3v) is 6.59. The Morgan fingerprint density at radius 1 is 1.29 bits per heavy atom. The van der Waals surface area contributed by atoms with Crippen LogP contribution in [-0.2, 0) is 0 Å². The van der Waals surface area contributed by atoms with E-state index in [1.54, 1.807) is 0 Å². The Hall–Kier alpha value is -0.480. The van der Waals surface area contributed by atoms with E-state index in [1.807, 2.05) is 35.2 Å². The van der Waals surface area contributed by atoms with Crippen LogP contribution in [-0.4, -0.2) is 5.25 Å². The van der Waals surface area contributed by atoms with Crippen molar-refractivity contribution in [2.24, 2.45) is 0 Å². The lowest BCUT2D eigenvalue weighted by Crippen LogP contribution is -2.29. The summed E-state index contributed by atoms with van der Waals surface area (Å²) in [5, 5.41) is 7.56. The van der Waals surface area contributed by atoms with Crippen LogP contribution in [0.25, 0.3) is 0 Å². The number of hydrogen-bond acceptors (Lipinski definition) is 3. The predicted octanol–water partition coefficient (Wildman–Crippen LogP) is 6.07. The zero-order chi connectivity index (χ0) is 14.8. The average Bonchev–Trinajstić information content (AvgIpc) is 2.94. The maximum absolute atomic E-state index is 6.00. The van der Waals surface area contributed by atoms with Gasteiger partial charge < -0.3 is 5.32 Å². The normalized spacial score (nSPS) is 22.8. The Balaban J connectivity index is 1.80. The molecule has 3 atom stereocenters. The molecule has 1 aliphatic heterocycles. The highest BCUT2D eigenvalue weighted by Gasteiger charge is 2.27. The number of benzene rings is 1. The molecule has 0 radical (unpaired) electrons. The molecule has 21 heavy (non-hydrogen) atoms. The minimum absolute atomic E-state index is 0.385. The lowest BCUT2D eigenvalue weighted by Gasteiger charge is -2.31. The van der Waals surface area contributed by atoms with Crippen molar-refractivity contribution in [1.82, 2.24) is 5.32 Å². The van der Waals surface area contributed by atoms with Gasteiger partial charge in [-0.2, -0.15) is 0 Å². The minimum Gasteiger partial charge on any atom is -0.303 e. The van der Waals surface area contributed by atoms with Crippen LogP contribution in [0.2, 0.25) is 5.02 Å². The largest absolute Gasteiger partial charge is 0.303 e. The lowest BCUT2D eigenvalue weighted by atomic mass is 9.99. The molecule has 0 fully saturated rings. The summed E-state index contributed by atoms with van der Waals surface area (Å²) in [7, 11) is 0. The monoisotopic (exact) mass is 337 g/mol. The SMILES string of the molecule is CCC(NC1C[C@H](C)Sc2sccc21)c1ccc(Cl)cc1. The van der Waals surface area contributed by atoms with Gasteiger partial charge in [0.2, 0.25) is 0 Å². The van der Waals surface area contributed by atoms with Crippen molar-refractivity contribution >= 4 is 34.7 Å². The maximum atomic E-state index is 6.00. The van der Waals surface area contributed by atoms with Crippen molar-refractivity contribution in [3.8, 4) is 0 Å². The van der Waals surface area contributed by atoms with E-state index in [0.29, 0.717) is 17.3 Å². The van der Waals surface area contributed by atoms with Crippen LogP contribution >= 0.6 is 34.7 Å². The zero-order valence-electron chi connectivity index (χ0n) is 12.3. The van der Waals surface area contributed by atoms with Gasteiger partial charge in [0, 0.05) is 22.4 Å². The quantitative estimate of drug-likeness (QED) is 0.726. The van der Waals surface area contributed by atoms with E-state index in [0.717, 1.165) is 11.4 Å². The Morgan fingerprint density at radius 2 is 2.05 bits per heavy atom. The predicted molar refractivity (Wildman–Crippen MR) is 94.6 cm³/mol. The highest BCUT2D eigenvalue weighted by Crippen LogP contribution is 2.44. The molecule has 112 valence electrons. The molecule has 0 amide bonds. The number of fused-ring (bicyclic) bond motifs is 1. The summed E-state index contributed by atoms with van der Waals surface area (Å²) >= 11 is 9.89. The van der Waals surface area contributed by atoms with Gasteiger partial charge in [-0.25, -0.2) is 0 Å². The molecule has 0 bridgehead atoms. The summed E-state index contributed by atoms with van der Waals surface area (Å²) in [4.78, 5) is 0. The average molecular weight is 338 g/mol. The molecule has 0 saturated carbocycles. The van der Waals surface area contributed by atoms with Crippen molar-refractivity contribution in [3.63, 3.8) is 0 Å². The summed E-state index contributed by atoms with van der Waals surface area (Å²) in [5.74, 6) is 0. The first kappa shape index (κ1) is 15.4. The molecule has 4 heteroatoms. The van der Waals surface area contributed by atoms with Crippen LogP contribution in [0.15, 0.2) is 39.9 Å². The van der Waals surface area contributed by atoms with Gasteiger partial charge in [0.05, 0.1) is 4.21 Å². The van der Waals surface area contributed by atoms with Crippen LogP contribution < -0.4 is 5.32 Å². The highest BCUT2D eigenvalue weighted by atomic mass is 35.5. The molecule has 2 heterocycles. The van der Waals surface area contributed by atoms with Crippen molar-refractivity contribution < 1.29 is 0 Å². The van der Waals surface area contributed by atoms with E-state index in [4.69, 9.17) is 11.6 Å². The maximum Gasteiger partial charge on any atom is 0.0649 e. The number of nitrogens with one attached hydrogen (secondary N) is 1. The second-order valence-corrected chi connectivity index (χ2v) is 8.62. The van der Waals surface area contributed by atoms with Crippen molar-refractivity contribution in [2.75, 3.05) is 0 Å². The summed E-state index contributed by atoms with van der Waals surface area (Å²) < 4.78 is 1.48. The highest BCUT2D eigenvalue weighted by molar-refractivity contribution is 8.01. The van der Waals surface area contributed by atoms with Gasteiger partial charge in [0.25, 0.3) is 0 Å². The first-order valence-corrected chi connectivity index (χ1v) is 9.56. The van der Waals surface area contributed by atoms with Crippen LogP contribution in [0, 0.1) is 0 Å². The lowest BCUT2D eigenvalue weighted by molar-refractivity contribution is 0.409. The summed E-state index contributed by atoms with van der Waals surface area (Å²) in [6.07, 6.45) is 2.28. The van der Waals surface area contributed by atoms with Crippen LogP contribution in [0.4, 0.5) is 0 Å². The molecule has 3 rings (SSSR count). The Bertz CT molecular complexity index is 593. The Labute approximate surface area is 140 Å². The van der Waals surface area contributed by atoms with Gasteiger partial charge in [0.1, 0.15) is 0 Å². The fraction of sp³-hybridized carbons (Fsp3) is 0.412. The van der Waals surface area contributed by atoms with Gasteiger partial charge >= 0.3 is 0 Å². The van der Waals surface area contributed by atoms with E-state index in [9.17, 15) is 0 Å². The molecular weight excluding hydrogens is 318 g/mol. The van der Waals surface area contributed by atoms with Crippen LogP contribution in [0.3, 0.4) is 0 Å². The Kier molecular flexibility index (Phi) is 4.95. The van der Waals surface area contributed by atoms with Gasteiger partial charge in [-0.05, 0) is 47.5 Å². The molecule has 1 nitrogen and oxygen atoms in total. The van der Waals surface area contributed by atoms with E-state index < -0.39 is 0 Å². The molecule has 0 saturated heterocycles. The first-order chi connectivity index (χ1) is 10.2. The van der Waals surface area contributed by atoms with Crippen molar-refractivity contribution in [1.29, 1.82) is 0 Å². The third-order valence-electron chi connectivity index (χ3n) is 3.99. The van der Waals surface area contributed by atoms with E-state index in [1.165, 1.54) is 21.8 Å². The molecule has 1 aromatic heterocycles. The first-order valence-electron chi connectivity index (χ1n) is 7.43. The van der Waals surface area contributed by atoms with E-state index in [-0.39, 0.29) is 0 Å². The molecule has 1 aromatic carbocycles. The number of rotatable bonds is 4. The van der Waals surface area contributed by atoms with Crippen LogP contribution in [0.1, 0.15) is 49.9 Å². The fourth-order valence-corrected chi connectivity index (χ4v) is 5.59. The topological polar surface area (TPSA) is 12.0 Å². The number of thioether (sulfide) groups is 1. The van der Waals surface area contributed by atoms with E-state index in [2.05, 4.69) is 42.7 Å². The second-order valence-electron chi connectivity index (χ2n) is 5.56. The number of hydrogen-bond donors (Lipinski definition) is 1. The van der Waals surface area contributed by atoms with Gasteiger partial charge in [0.15, 0.2) is 0 Å².